The second-order valence-corrected chi connectivity index (χ2v) is 17.7. The van der Waals surface area contributed by atoms with Gasteiger partial charge in [0.1, 0.15) is 28.7 Å². The highest BCUT2D eigenvalue weighted by Crippen LogP contribution is 2.38. The Morgan fingerprint density at radius 1 is 0.894 bits per heavy atom. The van der Waals surface area contributed by atoms with Crippen molar-refractivity contribution in [3.63, 3.8) is 0 Å². The van der Waals surface area contributed by atoms with Crippen LogP contribution in [0.4, 0.5) is 45.4 Å². The molecule has 19 heteroatoms. The second-order valence-electron chi connectivity index (χ2n) is 17.7. The molecule has 9 rings (SSSR count). The molecule has 5 N–H and O–H groups in total. The Morgan fingerprint density at radius 2 is 1.62 bits per heavy atom. The lowest BCUT2D eigenvalue weighted by Crippen LogP contribution is -2.51. The molecule has 15 nitrogen and oxygen atoms in total. The number of nitrogens with two attached hydrogens (primary N) is 1. The van der Waals surface area contributed by atoms with Gasteiger partial charge in [-0.05, 0) is 111 Å². The summed E-state index contributed by atoms with van der Waals surface area (Å²) in [5.41, 5.74) is 8.67. The number of urea groups is 1. The molecule has 6 heterocycles. The number of nitrogens with one attached hydrogen (secondary N) is 3. The van der Waals surface area contributed by atoms with E-state index < -0.39 is 29.4 Å². The highest BCUT2D eigenvalue weighted by atomic mass is 19.4. The number of carbonyl (C=O) groups excluding carboxylic acids is 4. The maximum absolute atomic E-state index is 16.2. The first kappa shape index (κ1) is 44.6. The van der Waals surface area contributed by atoms with Crippen molar-refractivity contribution in [2.45, 2.75) is 64.7 Å². The van der Waals surface area contributed by atoms with E-state index in [1.165, 1.54) is 31.6 Å². The van der Waals surface area contributed by atoms with Crippen LogP contribution in [-0.4, -0.2) is 107 Å². The molecule has 0 saturated carbocycles. The molecular weight excluding hydrogens is 859 g/mol. The Bertz CT molecular complexity index is 2650. The average molecular weight is 910 g/mol. The van der Waals surface area contributed by atoms with E-state index in [1.54, 1.807) is 9.58 Å². The molecule has 5 aliphatic rings. The summed E-state index contributed by atoms with van der Waals surface area (Å²) in [4.78, 5) is 63.1. The number of rotatable bonds is 9. The predicted molar refractivity (Wildman–Crippen MR) is 241 cm³/mol. The van der Waals surface area contributed by atoms with Crippen molar-refractivity contribution in [1.82, 2.24) is 29.9 Å². The fraction of sp³-hybridized carbons (Fsp3) is 0.404. The van der Waals surface area contributed by atoms with Crippen LogP contribution in [0.2, 0.25) is 0 Å². The van der Waals surface area contributed by atoms with Gasteiger partial charge in [0.2, 0.25) is 5.91 Å². The van der Waals surface area contributed by atoms with Crippen LogP contribution in [0, 0.1) is 25.6 Å². The first-order valence-corrected chi connectivity index (χ1v) is 22.3. The number of hydrogen-bond donors (Lipinski definition) is 4. The van der Waals surface area contributed by atoms with Crippen molar-refractivity contribution in [2.75, 3.05) is 72.8 Å². The first-order valence-electron chi connectivity index (χ1n) is 22.3. The fourth-order valence-electron chi connectivity index (χ4n) is 9.78. The second kappa shape index (κ2) is 18.0. The summed E-state index contributed by atoms with van der Waals surface area (Å²) in [5, 5.41) is 12.8. The van der Waals surface area contributed by atoms with Crippen LogP contribution in [0.5, 0.6) is 0 Å². The number of aryl methyl sites for hydroxylation is 2. The smallest absolute Gasteiger partial charge is 0.372 e. The SMILES string of the molecule is Cc1cc(C(F)(F)F)cc(NC(=O)c2ccc(-c3nn4c(c3C(N)=O)NC3=C(CC4)CC(N4CCN(CC5CCN(c6ccc(N7CCC(=O)NC7=O)cc6)CC5)CC4)C=C3)c(F)c2C)n1. The average Bonchev–Trinajstić information content (AvgIpc) is 3.55. The third kappa shape index (κ3) is 9.13. The third-order valence-electron chi connectivity index (χ3n) is 13.4. The van der Waals surface area contributed by atoms with E-state index in [9.17, 15) is 32.3 Å². The zero-order chi connectivity index (χ0) is 46.4. The van der Waals surface area contributed by atoms with Gasteiger partial charge in [-0.15, -0.1) is 0 Å². The molecule has 2 aromatic carbocycles. The van der Waals surface area contributed by atoms with Crippen molar-refractivity contribution in [2.24, 2.45) is 11.7 Å². The summed E-state index contributed by atoms with van der Waals surface area (Å²) in [7, 11) is 0. The minimum atomic E-state index is -4.65. The van der Waals surface area contributed by atoms with E-state index in [4.69, 9.17) is 5.73 Å². The molecule has 3 saturated heterocycles. The number of pyridine rings is 1. The maximum atomic E-state index is 16.2. The molecule has 3 fully saturated rings. The predicted octanol–water partition coefficient (Wildman–Crippen LogP) is 6.45. The van der Waals surface area contributed by atoms with Crippen molar-refractivity contribution in [3.8, 4) is 11.3 Å². The Hall–Kier alpha value is -6.60. The molecule has 346 valence electrons. The number of benzene rings is 2. The van der Waals surface area contributed by atoms with Gasteiger partial charge in [0.25, 0.3) is 11.8 Å². The van der Waals surface area contributed by atoms with Crippen LogP contribution >= 0.6 is 0 Å². The van der Waals surface area contributed by atoms with Crippen LogP contribution in [0.25, 0.3) is 11.3 Å². The Balaban J connectivity index is 0.788. The zero-order valence-corrected chi connectivity index (χ0v) is 36.7. The molecule has 2 aromatic heterocycles. The number of piperazine rings is 1. The summed E-state index contributed by atoms with van der Waals surface area (Å²) >= 11 is 0. The van der Waals surface area contributed by atoms with Crippen LogP contribution in [-0.2, 0) is 17.5 Å². The van der Waals surface area contributed by atoms with E-state index >= 15 is 4.39 Å². The monoisotopic (exact) mass is 909 g/mol. The van der Waals surface area contributed by atoms with Gasteiger partial charge in [-0.2, -0.15) is 18.3 Å². The Morgan fingerprint density at radius 3 is 2.32 bits per heavy atom. The number of aromatic nitrogens is 3. The minimum absolute atomic E-state index is 0.000678. The van der Waals surface area contributed by atoms with E-state index in [0.717, 1.165) is 88.2 Å². The van der Waals surface area contributed by atoms with Gasteiger partial charge in [0.05, 0.1) is 5.56 Å². The first-order chi connectivity index (χ1) is 31.6. The number of imide groups is 1. The molecule has 5 amide bonds. The van der Waals surface area contributed by atoms with Gasteiger partial charge in [-0.1, -0.05) is 6.08 Å². The van der Waals surface area contributed by atoms with E-state index in [1.807, 2.05) is 18.2 Å². The molecule has 66 heavy (non-hydrogen) atoms. The summed E-state index contributed by atoms with van der Waals surface area (Å²) < 4.78 is 58.0. The van der Waals surface area contributed by atoms with Gasteiger partial charge < -0.3 is 26.2 Å². The van der Waals surface area contributed by atoms with Gasteiger partial charge in [-0.3, -0.25) is 29.5 Å². The van der Waals surface area contributed by atoms with Crippen molar-refractivity contribution >= 4 is 46.8 Å². The number of halogens is 4. The summed E-state index contributed by atoms with van der Waals surface area (Å²) in [5.74, 6) is -2.11. The lowest BCUT2D eigenvalue weighted by molar-refractivity contribution is -0.137. The van der Waals surface area contributed by atoms with Crippen LogP contribution in [0.3, 0.4) is 0 Å². The largest absolute Gasteiger partial charge is 0.416 e. The summed E-state index contributed by atoms with van der Waals surface area (Å²) in [6, 6.07) is 12.1. The molecule has 1 aliphatic carbocycles. The minimum Gasteiger partial charge on any atom is -0.372 e. The number of fused-ring (bicyclic) bond motifs is 1. The van der Waals surface area contributed by atoms with E-state index in [0.29, 0.717) is 43.7 Å². The number of nitrogens with zero attached hydrogens (tertiary/aromatic N) is 7. The molecule has 1 unspecified atom stereocenters. The van der Waals surface area contributed by atoms with Crippen molar-refractivity contribution < 1.29 is 36.7 Å². The fourth-order valence-corrected chi connectivity index (χ4v) is 9.78. The molecule has 0 bridgehead atoms. The topological polar surface area (TPSA) is 174 Å². The Kier molecular flexibility index (Phi) is 12.2. The summed E-state index contributed by atoms with van der Waals surface area (Å²) in [6.45, 7) is 10.4. The van der Waals surface area contributed by atoms with Gasteiger partial charge in [0, 0.05) is 105 Å². The Labute approximate surface area is 378 Å². The van der Waals surface area contributed by atoms with Crippen LogP contribution < -0.4 is 31.5 Å². The van der Waals surface area contributed by atoms with Crippen molar-refractivity contribution in [1.29, 1.82) is 0 Å². The molecule has 0 spiro atoms. The molecule has 4 aliphatic heterocycles. The number of primary amides is 1. The summed E-state index contributed by atoms with van der Waals surface area (Å²) in [6.07, 6.45) is 3.53. The molecular formula is C47H51F4N11O4. The molecule has 1 atom stereocenters. The molecule has 0 radical (unpaired) electrons. The highest BCUT2D eigenvalue weighted by molar-refractivity contribution is 6.07. The van der Waals surface area contributed by atoms with Gasteiger partial charge in [-0.25, -0.2) is 18.9 Å². The number of alkyl halides is 3. The zero-order valence-electron chi connectivity index (χ0n) is 36.7. The van der Waals surface area contributed by atoms with Crippen LogP contribution in [0.1, 0.15) is 69.6 Å². The number of allylic oxidation sites excluding steroid dienone is 1. The van der Waals surface area contributed by atoms with Gasteiger partial charge >= 0.3 is 12.2 Å². The van der Waals surface area contributed by atoms with E-state index in [-0.39, 0.29) is 57.4 Å². The number of piperidine rings is 1. The normalized spacial score (nSPS) is 19.8. The van der Waals surface area contributed by atoms with Gasteiger partial charge in [0.15, 0.2) is 0 Å². The lowest BCUT2D eigenvalue weighted by Gasteiger charge is -2.42. The number of amides is 5. The number of carbonyl (C=O) groups is 4. The van der Waals surface area contributed by atoms with E-state index in [2.05, 4.69) is 58.9 Å². The lowest BCUT2D eigenvalue weighted by atomic mass is 9.93. The molecule has 4 aromatic rings. The standard InChI is InChI=1S/C47H51F4N11O4/c1-27-23-31(47(49,50)51)25-38(53-27)55-45(65)35-8-9-36(41(48)28(35)2)42-40(43(52)64)44-54-37-10-7-34(24-30(37)13-18-62(44)57-42)60-21-19-58(20-22-60)26-29-11-15-59(16-12-29)32-3-5-33(6-4-32)61-17-14-39(63)56-46(61)66/h3-10,23,25,29,34,54H,11-22,24,26H2,1-2H3,(H2,52,64)(H,53,55,65)(H,56,63,66). The third-order valence-corrected chi connectivity index (χ3v) is 13.4. The quantitative estimate of drug-likeness (QED) is 0.137. The number of hydrogen-bond acceptors (Lipinski definition) is 10. The maximum Gasteiger partial charge on any atom is 0.416 e. The number of anilines is 4. The van der Waals surface area contributed by atoms with Crippen LogP contribution in [0.15, 0.2) is 72.0 Å². The van der Waals surface area contributed by atoms with Crippen molar-refractivity contribution in [3.05, 3.63) is 106 Å². The highest BCUT2D eigenvalue weighted by Gasteiger charge is 2.34.